The molecule has 2 heterocycles. The third-order valence-electron chi connectivity index (χ3n) is 7.45. The lowest BCUT2D eigenvalue weighted by Gasteiger charge is -2.36. The van der Waals surface area contributed by atoms with Gasteiger partial charge in [0.2, 0.25) is 11.7 Å². The Labute approximate surface area is 215 Å². The summed E-state index contributed by atoms with van der Waals surface area (Å²) in [6.45, 7) is 2.08. The predicted octanol–water partition coefficient (Wildman–Crippen LogP) is 5.79. The molecular weight excluding hydrogens is 466 g/mol. The second-order valence-electron chi connectivity index (χ2n) is 9.61. The van der Waals surface area contributed by atoms with E-state index in [0.717, 1.165) is 40.2 Å². The predicted molar refractivity (Wildman–Crippen MR) is 143 cm³/mol. The minimum atomic E-state index is -0.390. The number of Topliss-reactive ketones (excluding diaryl/α,β-unsaturated/α-hetero) is 1. The highest BCUT2D eigenvalue weighted by molar-refractivity contribution is 6.01. The Bertz CT molecular complexity index is 1530. The normalized spacial score (nSPS) is 18.8. The van der Waals surface area contributed by atoms with Gasteiger partial charge in [-0.25, -0.2) is 4.98 Å². The number of ketones is 1. The summed E-state index contributed by atoms with van der Waals surface area (Å²) >= 11 is 0. The first-order chi connectivity index (χ1) is 18.0. The highest BCUT2D eigenvalue weighted by Gasteiger charge is 2.40. The number of ether oxygens (including phenoxy) is 3. The monoisotopic (exact) mass is 495 g/mol. The lowest BCUT2D eigenvalue weighted by atomic mass is 9.77. The number of fused-ring (bicyclic) bond motifs is 3. The first-order valence-electron chi connectivity index (χ1n) is 12.4. The van der Waals surface area contributed by atoms with Crippen LogP contribution in [0.4, 0.5) is 5.95 Å². The molecule has 2 aliphatic rings. The molecular formula is C30H29N3O4. The number of rotatable bonds is 5. The Morgan fingerprint density at radius 3 is 2.27 bits per heavy atom. The lowest BCUT2D eigenvalue weighted by molar-refractivity contribution is -0.116. The van der Waals surface area contributed by atoms with Crippen molar-refractivity contribution in [2.45, 2.75) is 31.7 Å². The van der Waals surface area contributed by atoms with Crippen LogP contribution in [-0.4, -0.2) is 36.7 Å². The van der Waals surface area contributed by atoms with E-state index in [2.05, 4.69) is 41.1 Å². The average molecular weight is 496 g/mol. The second-order valence-corrected chi connectivity index (χ2v) is 9.61. The fourth-order valence-electron chi connectivity index (χ4n) is 5.67. The van der Waals surface area contributed by atoms with E-state index in [1.54, 1.807) is 21.3 Å². The standard InChI is InChI=1S/C30H29N3O4/c1-17-9-11-18(12-10-17)19-13-22-27(24(34)14-19)28(20-15-25(35-2)29(37-4)26(16-20)36-3)33-23-8-6-5-7-21(23)31-30(33)32-22/h5-12,15-16,19,28H,13-14H2,1-4H3,(H,31,32)/t19-,28+/m1/s1. The van der Waals surface area contributed by atoms with Gasteiger partial charge in [-0.15, -0.1) is 0 Å². The quantitative estimate of drug-likeness (QED) is 0.378. The fourth-order valence-corrected chi connectivity index (χ4v) is 5.67. The van der Waals surface area contributed by atoms with Gasteiger partial charge < -0.3 is 19.5 Å². The van der Waals surface area contributed by atoms with E-state index < -0.39 is 0 Å². The molecule has 3 aromatic carbocycles. The van der Waals surface area contributed by atoms with Crippen LogP contribution < -0.4 is 19.5 Å². The first kappa shape index (κ1) is 23.2. The minimum Gasteiger partial charge on any atom is -0.493 e. The van der Waals surface area contributed by atoms with Gasteiger partial charge in [-0.1, -0.05) is 42.0 Å². The molecule has 0 fully saturated rings. The first-order valence-corrected chi connectivity index (χ1v) is 12.4. The lowest BCUT2D eigenvalue weighted by Crippen LogP contribution is -2.33. The zero-order valence-electron chi connectivity index (χ0n) is 21.4. The van der Waals surface area contributed by atoms with Gasteiger partial charge in [0.25, 0.3) is 0 Å². The van der Waals surface area contributed by atoms with Crippen molar-refractivity contribution in [2.24, 2.45) is 0 Å². The fraction of sp³-hybridized carbons (Fsp3) is 0.267. The van der Waals surface area contributed by atoms with Gasteiger partial charge in [-0.3, -0.25) is 9.36 Å². The molecule has 1 aliphatic carbocycles. The maximum absolute atomic E-state index is 13.9. The number of methoxy groups -OCH3 is 3. The van der Waals surface area contributed by atoms with Crippen molar-refractivity contribution in [1.82, 2.24) is 9.55 Å². The molecule has 0 saturated heterocycles. The summed E-state index contributed by atoms with van der Waals surface area (Å²) in [4.78, 5) is 18.8. The van der Waals surface area contributed by atoms with Crippen molar-refractivity contribution in [1.29, 1.82) is 0 Å². The molecule has 0 saturated carbocycles. The highest BCUT2D eigenvalue weighted by atomic mass is 16.5. The van der Waals surface area contributed by atoms with Crippen LogP contribution in [0.3, 0.4) is 0 Å². The number of para-hydroxylation sites is 2. The molecule has 188 valence electrons. The van der Waals surface area contributed by atoms with E-state index in [1.807, 2.05) is 36.4 Å². The van der Waals surface area contributed by atoms with Gasteiger partial charge in [0.05, 0.1) is 38.4 Å². The van der Waals surface area contributed by atoms with E-state index in [-0.39, 0.29) is 17.7 Å². The number of anilines is 1. The molecule has 37 heavy (non-hydrogen) atoms. The summed E-state index contributed by atoms with van der Waals surface area (Å²) < 4.78 is 19.0. The number of hydrogen-bond donors (Lipinski definition) is 1. The Hall–Kier alpha value is -4.26. The van der Waals surface area contributed by atoms with Gasteiger partial charge in [0.1, 0.15) is 0 Å². The molecule has 2 atom stereocenters. The Morgan fingerprint density at radius 2 is 1.59 bits per heavy atom. The van der Waals surface area contributed by atoms with Crippen molar-refractivity contribution in [2.75, 3.05) is 26.6 Å². The Kier molecular flexibility index (Phi) is 5.63. The van der Waals surface area contributed by atoms with Crippen LogP contribution in [0.2, 0.25) is 0 Å². The third-order valence-corrected chi connectivity index (χ3v) is 7.45. The van der Waals surface area contributed by atoms with Gasteiger partial charge in [0.15, 0.2) is 17.3 Å². The second kappa shape index (κ2) is 9.00. The molecule has 7 heteroatoms. The number of carbonyl (C=O) groups excluding carboxylic acids is 1. The van der Waals surface area contributed by atoms with E-state index in [4.69, 9.17) is 19.2 Å². The van der Waals surface area contributed by atoms with Crippen LogP contribution in [-0.2, 0) is 4.79 Å². The molecule has 0 radical (unpaired) electrons. The van der Waals surface area contributed by atoms with Crippen LogP contribution in [0.1, 0.15) is 41.5 Å². The number of nitrogens with zero attached hydrogens (tertiary/aromatic N) is 2. The molecule has 7 nitrogen and oxygen atoms in total. The molecule has 1 aromatic heterocycles. The summed E-state index contributed by atoms with van der Waals surface area (Å²) in [6.07, 6.45) is 1.18. The number of carbonyl (C=O) groups is 1. The van der Waals surface area contributed by atoms with Crippen molar-refractivity contribution in [3.63, 3.8) is 0 Å². The Balaban J connectivity index is 1.55. The topological polar surface area (TPSA) is 74.6 Å². The molecule has 0 unspecified atom stereocenters. The summed E-state index contributed by atoms with van der Waals surface area (Å²) in [5, 5.41) is 3.53. The zero-order chi connectivity index (χ0) is 25.7. The summed E-state index contributed by atoms with van der Waals surface area (Å²) in [5.41, 5.74) is 6.74. The smallest absolute Gasteiger partial charge is 0.209 e. The number of imidazole rings is 1. The number of allylic oxidation sites excluding steroid dienone is 2. The summed E-state index contributed by atoms with van der Waals surface area (Å²) in [6, 6.07) is 19.9. The molecule has 1 N–H and O–H groups in total. The number of aryl methyl sites for hydroxylation is 1. The third kappa shape index (κ3) is 3.73. The van der Waals surface area contributed by atoms with E-state index in [0.29, 0.717) is 23.7 Å². The number of hydrogen-bond acceptors (Lipinski definition) is 6. The van der Waals surface area contributed by atoms with E-state index >= 15 is 0 Å². The van der Waals surface area contributed by atoms with Crippen molar-refractivity contribution >= 4 is 22.8 Å². The van der Waals surface area contributed by atoms with Crippen LogP contribution in [0, 0.1) is 6.92 Å². The maximum Gasteiger partial charge on any atom is 0.209 e. The number of benzene rings is 3. The van der Waals surface area contributed by atoms with Crippen LogP contribution >= 0.6 is 0 Å². The molecule has 0 bridgehead atoms. The van der Waals surface area contributed by atoms with Gasteiger partial charge >= 0.3 is 0 Å². The van der Waals surface area contributed by atoms with Gasteiger partial charge in [-0.05, 0) is 54.7 Å². The molecule has 4 aromatic rings. The van der Waals surface area contributed by atoms with Crippen molar-refractivity contribution in [3.05, 3.63) is 88.6 Å². The highest BCUT2D eigenvalue weighted by Crippen LogP contribution is 2.48. The summed E-state index contributed by atoms with van der Waals surface area (Å²) in [5.74, 6) is 2.56. The van der Waals surface area contributed by atoms with Crippen molar-refractivity contribution < 1.29 is 19.0 Å². The Morgan fingerprint density at radius 1 is 0.892 bits per heavy atom. The molecule has 0 spiro atoms. The van der Waals surface area contributed by atoms with E-state index in [9.17, 15) is 4.79 Å². The SMILES string of the molecule is COc1cc([C@H]2C3=C(C[C@@H](c4ccc(C)cc4)CC3=O)Nc3nc4ccccc4n32)cc(OC)c1OC. The van der Waals surface area contributed by atoms with Crippen molar-refractivity contribution in [3.8, 4) is 17.2 Å². The van der Waals surface area contributed by atoms with Gasteiger partial charge in [-0.2, -0.15) is 0 Å². The minimum absolute atomic E-state index is 0.107. The maximum atomic E-state index is 13.9. The molecule has 6 rings (SSSR count). The average Bonchev–Trinajstić information content (AvgIpc) is 3.29. The van der Waals surface area contributed by atoms with Crippen LogP contribution in [0.5, 0.6) is 17.2 Å². The van der Waals surface area contributed by atoms with Gasteiger partial charge in [0, 0.05) is 17.7 Å². The zero-order valence-corrected chi connectivity index (χ0v) is 21.4. The van der Waals surface area contributed by atoms with Crippen LogP contribution in [0.25, 0.3) is 11.0 Å². The van der Waals surface area contributed by atoms with E-state index in [1.165, 1.54) is 11.1 Å². The number of nitrogens with one attached hydrogen (secondary N) is 1. The largest absolute Gasteiger partial charge is 0.493 e. The molecule has 1 aliphatic heterocycles. The number of aromatic nitrogens is 2. The summed E-state index contributed by atoms with van der Waals surface area (Å²) in [7, 11) is 4.79. The molecule has 0 amide bonds. The van der Waals surface area contributed by atoms with Crippen LogP contribution in [0.15, 0.2) is 71.9 Å².